The third kappa shape index (κ3) is 2.33. The van der Waals surface area contributed by atoms with Gasteiger partial charge in [0.25, 0.3) is 0 Å². The van der Waals surface area contributed by atoms with Gasteiger partial charge in [0.15, 0.2) is 11.6 Å². The van der Waals surface area contributed by atoms with Gasteiger partial charge in [-0.1, -0.05) is 0 Å². The van der Waals surface area contributed by atoms with E-state index in [0.717, 1.165) is 25.0 Å². The van der Waals surface area contributed by atoms with Crippen LogP contribution < -0.4 is 10.2 Å². The molecule has 0 radical (unpaired) electrons. The zero-order valence-corrected chi connectivity index (χ0v) is 8.49. The summed E-state index contributed by atoms with van der Waals surface area (Å²) < 4.78 is 31.8. The van der Waals surface area contributed by atoms with E-state index in [1.807, 2.05) is 0 Å². The van der Waals surface area contributed by atoms with Crippen molar-refractivity contribution >= 4 is 12.6 Å². The molecule has 0 spiro atoms. The standard InChI is InChI=1S/C10H11BF2O3/c12-7-3-4-8(16-5-6-1-2-6)10(13)9(7)11(14)15/h3-4,6,14-15H,1-2,5H2. The van der Waals surface area contributed by atoms with Crippen LogP contribution >= 0.6 is 0 Å². The molecule has 1 saturated carbocycles. The molecule has 0 saturated heterocycles. The van der Waals surface area contributed by atoms with E-state index >= 15 is 0 Å². The first-order valence-electron chi connectivity index (χ1n) is 5.06. The summed E-state index contributed by atoms with van der Waals surface area (Å²) in [6, 6.07) is 2.11. The maximum atomic E-state index is 13.6. The zero-order valence-electron chi connectivity index (χ0n) is 8.49. The van der Waals surface area contributed by atoms with Gasteiger partial charge in [-0.2, -0.15) is 0 Å². The lowest BCUT2D eigenvalue weighted by molar-refractivity contribution is 0.285. The molecule has 0 aliphatic heterocycles. The molecule has 2 N–H and O–H groups in total. The van der Waals surface area contributed by atoms with Crippen molar-refractivity contribution in [1.29, 1.82) is 0 Å². The molecule has 1 aromatic rings. The summed E-state index contributed by atoms with van der Waals surface area (Å²) in [6.45, 7) is 0.378. The third-order valence-electron chi connectivity index (χ3n) is 2.52. The van der Waals surface area contributed by atoms with Crippen molar-refractivity contribution in [3.05, 3.63) is 23.8 Å². The van der Waals surface area contributed by atoms with Crippen LogP contribution in [0.15, 0.2) is 12.1 Å². The van der Waals surface area contributed by atoms with E-state index in [-0.39, 0.29) is 5.75 Å². The minimum atomic E-state index is -2.18. The van der Waals surface area contributed by atoms with Crippen molar-refractivity contribution in [3.63, 3.8) is 0 Å². The molecular formula is C10H11BF2O3. The van der Waals surface area contributed by atoms with E-state index in [0.29, 0.717) is 12.5 Å². The Hall–Kier alpha value is -1.14. The minimum Gasteiger partial charge on any atom is -0.490 e. The summed E-state index contributed by atoms with van der Waals surface area (Å²) in [6.07, 6.45) is 2.11. The first-order chi connectivity index (χ1) is 7.59. The van der Waals surface area contributed by atoms with Crippen LogP contribution in [0.2, 0.25) is 0 Å². The molecule has 0 atom stereocenters. The Morgan fingerprint density at radius 3 is 2.56 bits per heavy atom. The second-order valence-electron chi connectivity index (χ2n) is 3.90. The van der Waals surface area contributed by atoms with Gasteiger partial charge in [0.05, 0.1) is 12.1 Å². The first kappa shape index (κ1) is 11.4. The fourth-order valence-corrected chi connectivity index (χ4v) is 1.39. The molecule has 86 valence electrons. The fourth-order valence-electron chi connectivity index (χ4n) is 1.39. The Kier molecular flexibility index (Phi) is 3.11. The fraction of sp³-hybridized carbons (Fsp3) is 0.400. The Morgan fingerprint density at radius 1 is 1.31 bits per heavy atom. The number of benzene rings is 1. The lowest BCUT2D eigenvalue weighted by atomic mass is 9.79. The molecule has 0 unspecified atom stereocenters. The van der Waals surface area contributed by atoms with E-state index in [2.05, 4.69) is 0 Å². The molecule has 1 aliphatic rings. The van der Waals surface area contributed by atoms with E-state index in [9.17, 15) is 8.78 Å². The maximum absolute atomic E-state index is 13.6. The van der Waals surface area contributed by atoms with Gasteiger partial charge in [0.1, 0.15) is 5.82 Å². The molecular weight excluding hydrogens is 217 g/mol. The number of ether oxygens (including phenoxy) is 1. The summed E-state index contributed by atoms with van der Waals surface area (Å²) >= 11 is 0. The quantitative estimate of drug-likeness (QED) is 0.735. The van der Waals surface area contributed by atoms with Crippen LogP contribution in [0.5, 0.6) is 5.75 Å². The lowest BCUT2D eigenvalue weighted by Crippen LogP contribution is -2.36. The number of hydrogen-bond acceptors (Lipinski definition) is 3. The lowest BCUT2D eigenvalue weighted by Gasteiger charge is -2.10. The molecule has 2 rings (SSSR count). The molecule has 3 nitrogen and oxygen atoms in total. The number of rotatable bonds is 4. The number of hydrogen-bond donors (Lipinski definition) is 2. The summed E-state index contributed by atoms with van der Waals surface area (Å²) in [4.78, 5) is 0. The van der Waals surface area contributed by atoms with Crippen molar-refractivity contribution in [2.75, 3.05) is 6.61 Å². The highest BCUT2D eigenvalue weighted by Crippen LogP contribution is 2.30. The summed E-state index contributed by atoms with van der Waals surface area (Å²) in [7, 11) is -2.18. The van der Waals surface area contributed by atoms with Gasteiger partial charge in [-0.25, -0.2) is 8.78 Å². The molecule has 0 bridgehead atoms. The van der Waals surface area contributed by atoms with Crippen LogP contribution in [0.3, 0.4) is 0 Å². The molecule has 0 aromatic heterocycles. The normalized spacial score (nSPS) is 15.0. The van der Waals surface area contributed by atoms with Crippen molar-refractivity contribution in [3.8, 4) is 5.75 Å². The monoisotopic (exact) mass is 228 g/mol. The summed E-state index contributed by atoms with van der Waals surface area (Å²) in [5.74, 6) is -1.75. The maximum Gasteiger partial charge on any atom is 0.494 e. The highest BCUT2D eigenvalue weighted by Gasteiger charge is 2.26. The van der Waals surface area contributed by atoms with Crippen LogP contribution in [0.4, 0.5) is 8.78 Å². The Labute approximate surface area is 91.8 Å². The topological polar surface area (TPSA) is 49.7 Å². The number of halogens is 2. The molecule has 6 heteroatoms. The van der Waals surface area contributed by atoms with Crippen molar-refractivity contribution < 1.29 is 23.6 Å². The van der Waals surface area contributed by atoms with Crippen molar-refractivity contribution in [1.82, 2.24) is 0 Å². The first-order valence-corrected chi connectivity index (χ1v) is 5.06. The predicted octanol–water partition coefficient (Wildman–Crippen LogP) is 0.433. The van der Waals surface area contributed by atoms with Crippen LogP contribution in [-0.2, 0) is 0 Å². The van der Waals surface area contributed by atoms with Gasteiger partial charge in [-0.15, -0.1) is 0 Å². The summed E-state index contributed by atoms with van der Waals surface area (Å²) in [5, 5.41) is 17.6. The second kappa shape index (κ2) is 4.39. The average molecular weight is 228 g/mol. The molecule has 1 aliphatic carbocycles. The highest BCUT2D eigenvalue weighted by molar-refractivity contribution is 6.58. The molecule has 0 amide bonds. The SMILES string of the molecule is OB(O)c1c(F)ccc(OCC2CC2)c1F. The van der Waals surface area contributed by atoms with Gasteiger partial charge in [0.2, 0.25) is 0 Å². The average Bonchev–Trinajstić information content (AvgIpc) is 3.00. The smallest absolute Gasteiger partial charge is 0.490 e. The molecule has 1 aromatic carbocycles. The van der Waals surface area contributed by atoms with Gasteiger partial charge in [-0.3, -0.25) is 0 Å². The van der Waals surface area contributed by atoms with Gasteiger partial charge in [0, 0.05) is 0 Å². The Balaban J connectivity index is 2.20. The van der Waals surface area contributed by atoms with Gasteiger partial charge in [-0.05, 0) is 30.9 Å². The molecule has 16 heavy (non-hydrogen) atoms. The van der Waals surface area contributed by atoms with E-state index in [4.69, 9.17) is 14.8 Å². The second-order valence-corrected chi connectivity index (χ2v) is 3.90. The minimum absolute atomic E-state index is 0.142. The van der Waals surface area contributed by atoms with E-state index in [1.165, 1.54) is 0 Å². The van der Waals surface area contributed by atoms with E-state index < -0.39 is 24.2 Å². The van der Waals surface area contributed by atoms with Crippen LogP contribution in [0.1, 0.15) is 12.8 Å². The third-order valence-corrected chi connectivity index (χ3v) is 2.52. The zero-order chi connectivity index (χ0) is 11.7. The highest BCUT2D eigenvalue weighted by atomic mass is 19.1. The van der Waals surface area contributed by atoms with Crippen LogP contribution in [-0.4, -0.2) is 23.8 Å². The van der Waals surface area contributed by atoms with Crippen LogP contribution in [0, 0.1) is 17.6 Å². The van der Waals surface area contributed by atoms with Crippen LogP contribution in [0.25, 0.3) is 0 Å². The van der Waals surface area contributed by atoms with Crippen molar-refractivity contribution in [2.45, 2.75) is 12.8 Å². The Morgan fingerprint density at radius 2 is 2.00 bits per heavy atom. The summed E-state index contributed by atoms with van der Waals surface area (Å²) in [5.41, 5.74) is -0.770. The Bertz CT molecular complexity index is 394. The van der Waals surface area contributed by atoms with Gasteiger partial charge < -0.3 is 14.8 Å². The largest absolute Gasteiger partial charge is 0.494 e. The molecule has 1 fully saturated rings. The van der Waals surface area contributed by atoms with Gasteiger partial charge >= 0.3 is 7.12 Å². The predicted molar refractivity (Wildman–Crippen MR) is 54.4 cm³/mol. The van der Waals surface area contributed by atoms with Crippen molar-refractivity contribution in [2.24, 2.45) is 5.92 Å². The van der Waals surface area contributed by atoms with E-state index in [1.54, 1.807) is 0 Å². The molecule has 0 heterocycles.